The fourth-order valence-corrected chi connectivity index (χ4v) is 4.84. The molecule has 1 aliphatic rings. The van der Waals surface area contributed by atoms with Crippen LogP contribution in [0.1, 0.15) is 16.3 Å². The molecule has 28 heavy (non-hydrogen) atoms. The Morgan fingerprint density at radius 1 is 1.11 bits per heavy atom. The van der Waals surface area contributed by atoms with E-state index < -0.39 is 9.84 Å². The van der Waals surface area contributed by atoms with Gasteiger partial charge in [0.15, 0.2) is 0 Å². The monoisotopic (exact) mass is 416 g/mol. The largest absolute Gasteiger partial charge is 0.420 e. The number of anilines is 1. The Kier molecular flexibility index (Phi) is 5.34. The van der Waals surface area contributed by atoms with Crippen LogP contribution >= 0.6 is 11.3 Å². The number of ether oxygens (including phenoxy) is 1. The smallest absolute Gasteiger partial charge is 0.236 e. The minimum Gasteiger partial charge on any atom is -0.420 e. The summed E-state index contributed by atoms with van der Waals surface area (Å²) < 4.78 is 37.8. The van der Waals surface area contributed by atoms with Gasteiger partial charge in [0.1, 0.15) is 0 Å². The van der Waals surface area contributed by atoms with Crippen LogP contribution in [0.25, 0.3) is 12.2 Å². The van der Waals surface area contributed by atoms with Crippen LogP contribution in [0.3, 0.4) is 0 Å². The van der Waals surface area contributed by atoms with Crippen molar-refractivity contribution in [2.45, 2.75) is 16.8 Å². The summed E-state index contributed by atoms with van der Waals surface area (Å²) in [5, 5.41) is 1.92. The Hall–Kier alpha value is -2.42. The van der Waals surface area contributed by atoms with E-state index in [0.717, 1.165) is 10.4 Å². The molecule has 3 heterocycles. The summed E-state index contributed by atoms with van der Waals surface area (Å²) in [6.07, 6.45) is 3.56. The highest BCUT2D eigenvalue weighted by Crippen LogP contribution is 2.32. The highest BCUT2D eigenvalue weighted by molar-refractivity contribution is 7.91. The van der Waals surface area contributed by atoms with Crippen molar-refractivity contribution in [3.8, 4) is 0 Å². The summed E-state index contributed by atoms with van der Waals surface area (Å²) in [5.74, 6) is 0.537. The van der Waals surface area contributed by atoms with Crippen molar-refractivity contribution in [1.82, 2.24) is 4.98 Å². The van der Waals surface area contributed by atoms with Crippen molar-refractivity contribution < 1.29 is 17.6 Å². The fraction of sp³-hybridized carbons (Fsp3) is 0.250. The van der Waals surface area contributed by atoms with Crippen LogP contribution < -0.4 is 4.90 Å². The van der Waals surface area contributed by atoms with Gasteiger partial charge in [0, 0.05) is 24.0 Å². The molecule has 4 rings (SSSR count). The van der Waals surface area contributed by atoms with Gasteiger partial charge in [-0.25, -0.2) is 8.42 Å². The molecule has 0 radical (unpaired) electrons. The standard InChI is InChI=1S/C20H20N2O4S2/c1-15-4-7-17(8-5-15)28(23,24)19-20(22-10-12-25-13-11-22)26-18(21-19)9-6-16-3-2-14-27-16/h2-9,14H,10-13H2,1H3/b9-6+. The molecule has 2 aromatic heterocycles. The van der Waals surface area contributed by atoms with E-state index in [1.165, 1.54) is 0 Å². The lowest BCUT2D eigenvalue weighted by molar-refractivity contribution is 0.120. The van der Waals surface area contributed by atoms with Crippen LogP contribution in [0.15, 0.2) is 56.1 Å². The van der Waals surface area contributed by atoms with E-state index in [9.17, 15) is 8.42 Å². The van der Waals surface area contributed by atoms with Gasteiger partial charge in [0.25, 0.3) is 0 Å². The maximum Gasteiger partial charge on any atom is 0.236 e. The second-order valence-corrected chi connectivity index (χ2v) is 9.27. The van der Waals surface area contributed by atoms with Crippen LogP contribution in [0, 0.1) is 6.92 Å². The number of hydrogen-bond acceptors (Lipinski definition) is 7. The van der Waals surface area contributed by atoms with E-state index >= 15 is 0 Å². The first-order valence-corrected chi connectivity index (χ1v) is 11.3. The number of aromatic nitrogens is 1. The minimum absolute atomic E-state index is 0.0518. The topological polar surface area (TPSA) is 72.6 Å². The third-order valence-electron chi connectivity index (χ3n) is 4.41. The number of benzene rings is 1. The molecule has 146 valence electrons. The predicted octanol–water partition coefficient (Wildman–Crippen LogP) is 3.88. The second-order valence-electron chi connectivity index (χ2n) is 6.43. The molecule has 8 heteroatoms. The minimum atomic E-state index is -3.81. The quantitative estimate of drug-likeness (QED) is 0.628. The van der Waals surface area contributed by atoms with Crippen molar-refractivity contribution in [2.24, 2.45) is 0 Å². The number of sulfone groups is 1. The summed E-state index contributed by atoms with van der Waals surface area (Å²) in [6.45, 7) is 4.06. The molecule has 0 N–H and O–H groups in total. The van der Waals surface area contributed by atoms with E-state index in [2.05, 4.69) is 4.98 Å². The Morgan fingerprint density at radius 2 is 1.86 bits per heavy atom. The molecular formula is C20H20N2O4S2. The molecule has 0 bridgehead atoms. The van der Waals surface area contributed by atoms with E-state index in [1.54, 1.807) is 41.7 Å². The first-order chi connectivity index (χ1) is 13.5. The number of oxazole rings is 1. The number of morpholine rings is 1. The molecule has 6 nitrogen and oxygen atoms in total. The van der Waals surface area contributed by atoms with Crippen molar-refractivity contribution in [3.05, 3.63) is 58.1 Å². The molecule has 0 aliphatic carbocycles. The third-order valence-corrected chi connectivity index (χ3v) is 6.92. The van der Waals surface area contributed by atoms with Crippen molar-refractivity contribution in [3.63, 3.8) is 0 Å². The van der Waals surface area contributed by atoms with Crippen LogP contribution in [0.2, 0.25) is 0 Å². The van der Waals surface area contributed by atoms with Gasteiger partial charge >= 0.3 is 0 Å². The van der Waals surface area contributed by atoms with Gasteiger partial charge in [-0.3, -0.25) is 0 Å². The van der Waals surface area contributed by atoms with Gasteiger partial charge in [-0.1, -0.05) is 23.8 Å². The van der Waals surface area contributed by atoms with Crippen LogP contribution in [0.4, 0.5) is 5.88 Å². The highest BCUT2D eigenvalue weighted by atomic mass is 32.2. The average molecular weight is 417 g/mol. The maximum absolute atomic E-state index is 13.3. The second kappa shape index (κ2) is 7.90. The maximum atomic E-state index is 13.3. The number of aryl methyl sites for hydroxylation is 1. The van der Waals surface area contributed by atoms with E-state index in [1.807, 2.05) is 35.4 Å². The highest BCUT2D eigenvalue weighted by Gasteiger charge is 2.31. The Labute approximate surface area is 168 Å². The van der Waals surface area contributed by atoms with Gasteiger partial charge in [-0.15, -0.1) is 11.3 Å². The summed E-state index contributed by atoms with van der Waals surface area (Å²) in [4.78, 5) is 7.45. The molecule has 1 aliphatic heterocycles. The SMILES string of the molecule is Cc1ccc(S(=O)(=O)c2nc(/C=C/c3cccs3)oc2N2CCOCC2)cc1. The zero-order chi connectivity index (χ0) is 19.6. The fourth-order valence-electron chi connectivity index (χ4n) is 2.89. The van der Waals surface area contributed by atoms with Crippen molar-refractivity contribution in [2.75, 3.05) is 31.2 Å². The van der Waals surface area contributed by atoms with Gasteiger partial charge < -0.3 is 14.1 Å². The molecule has 1 saturated heterocycles. The summed E-state index contributed by atoms with van der Waals surface area (Å²) in [6, 6.07) is 10.7. The summed E-state index contributed by atoms with van der Waals surface area (Å²) in [7, 11) is -3.81. The molecule has 1 aromatic carbocycles. The molecule has 0 amide bonds. The number of rotatable bonds is 5. The zero-order valence-electron chi connectivity index (χ0n) is 15.4. The number of hydrogen-bond donors (Lipinski definition) is 0. The van der Waals surface area contributed by atoms with E-state index in [0.29, 0.717) is 26.3 Å². The number of thiophene rings is 1. The van der Waals surface area contributed by atoms with E-state index in [4.69, 9.17) is 9.15 Å². The van der Waals surface area contributed by atoms with Crippen molar-refractivity contribution >= 4 is 39.2 Å². The first kappa shape index (κ1) is 18.9. The summed E-state index contributed by atoms with van der Waals surface area (Å²) in [5.41, 5.74) is 0.993. The molecule has 0 saturated carbocycles. The molecule has 0 atom stereocenters. The Morgan fingerprint density at radius 3 is 2.54 bits per heavy atom. The lowest BCUT2D eigenvalue weighted by Gasteiger charge is -2.26. The predicted molar refractivity (Wildman–Crippen MR) is 109 cm³/mol. The first-order valence-electron chi connectivity index (χ1n) is 8.91. The molecular weight excluding hydrogens is 396 g/mol. The van der Waals surface area contributed by atoms with Crippen LogP contribution in [-0.2, 0) is 14.6 Å². The molecule has 1 fully saturated rings. The van der Waals surface area contributed by atoms with Gasteiger partial charge in [0.2, 0.25) is 26.6 Å². The third kappa shape index (κ3) is 3.89. The van der Waals surface area contributed by atoms with Crippen LogP contribution in [-0.4, -0.2) is 39.7 Å². The van der Waals surface area contributed by atoms with E-state index in [-0.39, 0.29) is 21.7 Å². The van der Waals surface area contributed by atoms with Crippen molar-refractivity contribution in [1.29, 1.82) is 0 Å². The Balaban J connectivity index is 1.76. The zero-order valence-corrected chi connectivity index (χ0v) is 17.0. The van der Waals surface area contributed by atoms with Gasteiger partial charge in [0.05, 0.1) is 18.1 Å². The van der Waals surface area contributed by atoms with Crippen LogP contribution in [0.5, 0.6) is 0 Å². The molecule has 0 unspecified atom stereocenters. The summed E-state index contributed by atoms with van der Waals surface area (Å²) >= 11 is 1.58. The average Bonchev–Trinajstić information content (AvgIpc) is 3.37. The van der Waals surface area contributed by atoms with Gasteiger partial charge in [-0.05, 0) is 36.6 Å². The van der Waals surface area contributed by atoms with Gasteiger partial charge in [-0.2, -0.15) is 4.98 Å². The Bertz CT molecular complexity index is 1060. The molecule has 3 aromatic rings. The molecule has 0 spiro atoms. The number of nitrogens with zero attached hydrogens (tertiary/aromatic N) is 2. The normalized spacial score (nSPS) is 15.4. The lowest BCUT2D eigenvalue weighted by Crippen LogP contribution is -2.36. The lowest BCUT2D eigenvalue weighted by atomic mass is 10.2.